The highest BCUT2D eigenvalue weighted by Gasteiger charge is 2.41. The summed E-state index contributed by atoms with van der Waals surface area (Å²) >= 11 is 5.98. The van der Waals surface area contributed by atoms with E-state index in [-0.39, 0.29) is 17.7 Å². The highest BCUT2D eigenvalue weighted by molar-refractivity contribution is 6.30. The second-order valence-corrected chi connectivity index (χ2v) is 9.30. The van der Waals surface area contributed by atoms with Gasteiger partial charge in [0.1, 0.15) is 0 Å². The van der Waals surface area contributed by atoms with Crippen molar-refractivity contribution in [3.63, 3.8) is 0 Å². The minimum absolute atomic E-state index is 0.0641. The first-order valence-corrected chi connectivity index (χ1v) is 11.8. The molecule has 7 nitrogen and oxygen atoms in total. The number of rotatable bonds is 9. The lowest BCUT2D eigenvalue weighted by molar-refractivity contribution is -0.124. The lowest BCUT2D eigenvalue weighted by atomic mass is 9.87. The van der Waals surface area contributed by atoms with Crippen LogP contribution in [0.4, 0.5) is 0 Å². The van der Waals surface area contributed by atoms with Crippen molar-refractivity contribution in [2.24, 2.45) is 11.8 Å². The Morgan fingerprint density at radius 1 is 1.03 bits per heavy atom. The van der Waals surface area contributed by atoms with E-state index in [9.17, 15) is 9.59 Å². The van der Waals surface area contributed by atoms with Gasteiger partial charge >= 0.3 is 0 Å². The van der Waals surface area contributed by atoms with Crippen molar-refractivity contribution in [3.05, 3.63) is 52.5 Å². The number of carbonyl (C=O) groups excluding carboxylic acids is 2. The van der Waals surface area contributed by atoms with Crippen LogP contribution in [0.25, 0.3) is 0 Å². The third-order valence-electron chi connectivity index (χ3n) is 6.17. The molecule has 184 valence electrons. The average molecular weight is 489 g/mol. The lowest BCUT2D eigenvalue weighted by Crippen LogP contribution is -2.36. The fourth-order valence-corrected chi connectivity index (χ4v) is 4.40. The molecule has 0 aromatic heterocycles. The number of likely N-dealkylation sites (tertiary alicyclic amines) is 1. The topological polar surface area (TPSA) is 77.1 Å². The maximum atomic E-state index is 13.2. The van der Waals surface area contributed by atoms with Gasteiger partial charge in [0.05, 0.1) is 27.2 Å². The molecule has 0 radical (unpaired) electrons. The van der Waals surface area contributed by atoms with Crippen molar-refractivity contribution in [3.8, 4) is 17.2 Å². The zero-order chi connectivity index (χ0) is 24.8. The van der Waals surface area contributed by atoms with Crippen molar-refractivity contribution in [1.29, 1.82) is 0 Å². The second-order valence-electron chi connectivity index (χ2n) is 8.86. The third-order valence-corrected chi connectivity index (χ3v) is 6.42. The average Bonchev–Trinajstić information content (AvgIpc) is 3.28. The van der Waals surface area contributed by atoms with Gasteiger partial charge in [0, 0.05) is 36.1 Å². The quantitative estimate of drug-likeness (QED) is 0.566. The van der Waals surface area contributed by atoms with Crippen LogP contribution in [-0.4, -0.2) is 57.7 Å². The van der Waals surface area contributed by atoms with Gasteiger partial charge in [0.25, 0.3) is 5.91 Å². The number of carbonyl (C=O) groups is 2. The maximum Gasteiger partial charge on any atom is 0.253 e. The first kappa shape index (κ1) is 25.7. The number of nitrogens with one attached hydrogen (secondary N) is 1. The van der Waals surface area contributed by atoms with Gasteiger partial charge in [-0.3, -0.25) is 9.59 Å². The van der Waals surface area contributed by atoms with Gasteiger partial charge in [0.15, 0.2) is 11.5 Å². The summed E-state index contributed by atoms with van der Waals surface area (Å²) in [4.78, 5) is 28.2. The van der Waals surface area contributed by atoms with Gasteiger partial charge in [-0.15, -0.1) is 0 Å². The van der Waals surface area contributed by atoms with Crippen LogP contribution in [0.15, 0.2) is 36.4 Å². The largest absolute Gasteiger partial charge is 0.493 e. The van der Waals surface area contributed by atoms with Crippen molar-refractivity contribution in [1.82, 2.24) is 10.2 Å². The van der Waals surface area contributed by atoms with Gasteiger partial charge in [0.2, 0.25) is 11.7 Å². The van der Waals surface area contributed by atoms with E-state index >= 15 is 0 Å². The van der Waals surface area contributed by atoms with Gasteiger partial charge in [-0.05, 0) is 54.3 Å². The first-order valence-electron chi connectivity index (χ1n) is 11.4. The molecule has 34 heavy (non-hydrogen) atoms. The molecule has 0 bridgehead atoms. The molecular formula is C26H33ClN2O5. The molecule has 0 aliphatic carbocycles. The second kappa shape index (κ2) is 11.5. The number of hydrogen-bond acceptors (Lipinski definition) is 5. The molecule has 8 heteroatoms. The lowest BCUT2D eigenvalue weighted by Gasteiger charge is -2.21. The summed E-state index contributed by atoms with van der Waals surface area (Å²) in [5.41, 5.74) is 1.39. The van der Waals surface area contributed by atoms with Gasteiger partial charge in [-0.1, -0.05) is 25.4 Å². The van der Waals surface area contributed by atoms with Crippen LogP contribution >= 0.6 is 11.6 Å². The van der Waals surface area contributed by atoms with E-state index < -0.39 is 5.92 Å². The molecule has 1 N–H and O–H groups in total. The fraction of sp³-hybridized carbons (Fsp3) is 0.462. The Morgan fingerprint density at radius 2 is 1.65 bits per heavy atom. The molecule has 0 unspecified atom stereocenters. The van der Waals surface area contributed by atoms with Gasteiger partial charge in [-0.25, -0.2) is 0 Å². The SMILES string of the molecule is COc1cc([C@@H]2CN(C(=O)c3ccc(Cl)cc3)C[C@H]2C(=O)NCCC(C)C)cc(OC)c1OC. The molecule has 0 saturated carbocycles. The summed E-state index contributed by atoms with van der Waals surface area (Å²) in [6, 6.07) is 10.5. The summed E-state index contributed by atoms with van der Waals surface area (Å²) in [7, 11) is 4.66. The van der Waals surface area contributed by atoms with E-state index in [1.165, 1.54) is 0 Å². The van der Waals surface area contributed by atoms with Crippen molar-refractivity contribution in [2.75, 3.05) is 41.0 Å². The summed E-state index contributed by atoms with van der Waals surface area (Å²) in [6.07, 6.45) is 0.890. The number of halogens is 1. The van der Waals surface area contributed by atoms with Gasteiger partial charge in [-0.2, -0.15) is 0 Å². The molecular weight excluding hydrogens is 456 g/mol. The van der Waals surface area contributed by atoms with Crippen LogP contribution in [0.1, 0.15) is 42.1 Å². The predicted molar refractivity (Wildman–Crippen MR) is 132 cm³/mol. The van der Waals surface area contributed by atoms with Gasteiger partial charge < -0.3 is 24.4 Å². The highest BCUT2D eigenvalue weighted by Crippen LogP contribution is 2.43. The molecule has 2 amide bonds. The highest BCUT2D eigenvalue weighted by atomic mass is 35.5. The molecule has 2 aromatic rings. The molecule has 2 atom stereocenters. The monoisotopic (exact) mass is 488 g/mol. The Balaban J connectivity index is 1.93. The summed E-state index contributed by atoms with van der Waals surface area (Å²) in [5, 5.41) is 3.63. The molecule has 1 heterocycles. The minimum Gasteiger partial charge on any atom is -0.493 e. The maximum absolute atomic E-state index is 13.2. The summed E-state index contributed by atoms with van der Waals surface area (Å²) in [5.74, 6) is 1.15. The Bertz CT molecular complexity index is 984. The molecule has 1 aliphatic heterocycles. The van der Waals surface area contributed by atoms with Crippen LogP contribution in [0, 0.1) is 11.8 Å². The Kier molecular flexibility index (Phi) is 8.67. The van der Waals surface area contributed by atoms with E-state index in [1.54, 1.807) is 50.5 Å². The van der Waals surface area contributed by atoms with E-state index in [2.05, 4.69) is 19.2 Å². The fourth-order valence-electron chi connectivity index (χ4n) is 4.28. The number of nitrogens with zero attached hydrogens (tertiary/aromatic N) is 1. The van der Waals surface area contributed by atoms with Crippen molar-refractivity contribution >= 4 is 23.4 Å². The number of methoxy groups -OCH3 is 3. The number of hydrogen-bond donors (Lipinski definition) is 1. The van der Waals surface area contributed by atoms with Crippen LogP contribution in [0.2, 0.25) is 5.02 Å². The molecule has 2 aromatic carbocycles. The van der Waals surface area contributed by atoms with Crippen LogP contribution in [-0.2, 0) is 4.79 Å². The van der Waals surface area contributed by atoms with Crippen molar-refractivity contribution < 1.29 is 23.8 Å². The van der Waals surface area contributed by atoms with Crippen LogP contribution < -0.4 is 19.5 Å². The van der Waals surface area contributed by atoms with Crippen molar-refractivity contribution in [2.45, 2.75) is 26.2 Å². The van der Waals surface area contributed by atoms with E-state index in [4.69, 9.17) is 25.8 Å². The molecule has 0 spiro atoms. The first-order chi connectivity index (χ1) is 16.3. The summed E-state index contributed by atoms with van der Waals surface area (Å²) in [6.45, 7) is 5.54. The Morgan fingerprint density at radius 3 is 2.18 bits per heavy atom. The van der Waals surface area contributed by atoms with E-state index in [1.807, 2.05) is 12.1 Å². The minimum atomic E-state index is -0.411. The number of ether oxygens (including phenoxy) is 3. The smallest absolute Gasteiger partial charge is 0.253 e. The van der Waals surface area contributed by atoms with Crippen LogP contribution in [0.5, 0.6) is 17.2 Å². The number of amides is 2. The standard InChI is InChI=1S/C26H33ClN2O5/c1-16(2)10-11-28-25(30)21-15-29(26(31)17-6-8-19(27)9-7-17)14-20(21)18-12-22(32-3)24(34-5)23(13-18)33-4/h6-9,12-13,16,20-21H,10-11,14-15H2,1-5H3,(H,28,30)/t20-,21+/m0/s1. The normalized spacial score (nSPS) is 17.6. The molecule has 1 fully saturated rings. The molecule has 3 rings (SSSR count). The Hall–Kier alpha value is -2.93. The predicted octanol–water partition coefficient (Wildman–Crippen LogP) is 4.38. The Labute approximate surface area is 206 Å². The zero-order valence-electron chi connectivity index (χ0n) is 20.4. The molecule has 1 saturated heterocycles. The van der Waals surface area contributed by atoms with Crippen LogP contribution in [0.3, 0.4) is 0 Å². The van der Waals surface area contributed by atoms with E-state index in [0.29, 0.717) is 53.4 Å². The zero-order valence-corrected chi connectivity index (χ0v) is 21.1. The third kappa shape index (κ3) is 5.76. The molecule has 1 aliphatic rings. The summed E-state index contributed by atoms with van der Waals surface area (Å²) < 4.78 is 16.5. The number of benzene rings is 2. The van der Waals surface area contributed by atoms with E-state index in [0.717, 1.165) is 12.0 Å².